The van der Waals surface area contributed by atoms with Gasteiger partial charge in [-0.3, -0.25) is 14.5 Å². The van der Waals surface area contributed by atoms with Crippen molar-refractivity contribution in [3.8, 4) is 11.4 Å². The van der Waals surface area contributed by atoms with Crippen molar-refractivity contribution in [1.82, 2.24) is 30.0 Å². The minimum atomic E-state index is -0.230. The first-order valence-electron chi connectivity index (χ1n) is 8.71. The van der Waals surface area contributed by atoms with Gasteiger partial charge in [-0.15, -0.1) is 0 Å². The molecule has 4 rings (SSSR count). The summed E-state index contributed by atoms with van der Waals surface area (Å²) in [5, 5.41) is 8.54. The highest BCUT2D eigenvalue weighted by Crippen LogP contribution is 2.18. The van der Waals surface area contributed by atoms with E-state index in [0.717, 1.165) is 28.7 Å². The van der Waals surface area contributed by atoms with Gasteiger partial charge in [-0.1, -0.05) is 18.2 Å². The summed E-state index contributed by atoms with van der Waals surface area (Å²) in [6.07, 6.45) is 6.42. The lowest BCUT2D eigenvalue weighted by molar-refractivity contribution is 0.0950. The number of benzene rings is 1. The molecule has 134 valence electrons. The third-order valence-corrected chi connectivity index (χ3v) is 4.30. The average molecular weight is 358 g/mol. The van der Waals surface area contributed by atoms with Gasteiger partial charge in [0.15, 0.2) is 5.82 Å². The van der Waals surface area contributed by atoms with E-state index in [1.807, 2.05) is 48.0 Å². The van der Waals surface area contributed by atoms with E-state index in [0.29, 0.717) is 17.9 Å². The zero-order valence-corrected chi connectivity index (χ0v) is 14.8. The molecule has 27 heavy (non-hydrogen) atoms. The first-order valence-corrected chi connectivity index (χ1v) is 8.71. The number of pyridine rings is 1. The van der Waals surface area contributed by atoms with E-state index in [9.17, 15) is 4.79 Å². The first-order chi connectivity index (χ1) is 13.3. The summed E-state index contributed by atoms with van der Waals surface area (Å²) < 4.78 is 1.93. The van der Waals surface area contributed by atoms with Crippen molar-refractivity contribution in [2.75, 3.05) is 0 Å². The van der Waals surface area contributed by atoms with Crippen LogP contribution in [0.25, 0.3) is 22.3 Å². The Morgan fingerprint density at radius 3 is 2.56 bits per heavy atom. The highest BCUT2D eigenvalue weighted by atomic mass is 16.1. The molecule has 7 nitrogen and oxygen atoms in total. The third-order valence-electron chi connectivity index (χ3n) is 4.30. The fourth-order valence-electron chi connectivity index (χ4n) is 2.93. The molecule has 4 aromatic rings. The second-order valence-electron chi connectivity index (χ2n) is 5.99. The average Bonchev–Trinajstić information content (AvgIpc) is 3.11. The van der Waals surface area contributed by atoms with Crippen LogP contribution in [0.15, 0.2) is 61.2 Å². The van der Waals surface area contributed by atoms with Gasteiger partial charge >= 0.3 is 0 Å². The van der Waals surface area contributed by atoms with Crippen LogP contribution in [0.4, 0.5) is 0 Å². The van der Waals surface area contributed by atoms with Crippen LogP contribution in [0.1, 0.15) is 23.0 Å². The number of hydrogen-bond acceptors (Lipinski definition) is 5. The fourth-order valence-corrected chi connectivity index (χ4v) is 2.93. The summed E-state index contributed by atoms with van der Waals surface area (Å²) >= 11 is 0. The molecule has 7 heteroatoms. The number of carbonyl (C=O) groups excluding carboxylic acids is 1. The molecule has 3 aromatic heterocycles. The Kier molecular flexibility index (Phi) is 4.57. The Hall–Kier alpha value is -3.61. The van der Waals surface area contributed by atoms with Gasteiger partial charge < -0.3 is 5.32 Å². The normalized spacial score (nSPS) is 10.9. The number of rotatable bonds is 5. The van der Waals surface area contributed by atoms with Crippen molar-refractivity contribution in [3.63, 3.8) is 0 Å². The Bertz CT molecular complexity index is 1070. The van der Waals surface area contributed by atoms with Crippen molar-refractivity contribution in [3.05, 3.63) is 72.4 Å². The lowest BCUT2D eigenvalue weighted by Gasteiger charge is -2.04. The van der Waals surface area contributed by atoms with Crippen molar-refractivity contribution in [2.45, 2.75) is 20.0 Å². The fraction of sp³-hybridized carbons (Fsp3) is 0.150. The number of amides is 1. The standard InChI is InChI=1S/C20H18N6O/c1-2-26-18-6-4-3-5-16(18)17(25-26)13-24-20(27)15-11-22-19(23-12-15)14-7-9-21-10-8-14/h3-12H,2,13H2,1H3,(H,24,27). The molecule has 1 N–H and O–H groups in total. The number of fused-ring (bicyclic) bond motifs is 1. The van der Waals surface area contributed by atoms with Crippen LogP contribution in [0.2, 0.25) is 0 Å². The van der Waals surface area contributed by atoms with Crippen LogP contribution in [0, 0.1) is 0 Å². The summed E-state index contributed by atoms with van der Waals surface area (Å²) in [6, 6.07) is 11.7. The molecule has 0 saturated heterocycles. The predicted molar refractivity (Wildman–Crippen MR) is 102 cm³/mol. The van der Waals surface area contributed by atoms with Crippen molar-refractivity contribution < 1.29 is 4.79 Å². The predicted octanol–water partition coefficient (Wildman–Crippen LogP) is 2.84. The van der Waals surface area contributed by atoms with Crippen LogP contribution in [-0.4, -0.2) is 30.6 Å². The van der Waals surface area contributed by atoms with Crippen LogP contribution in [-0.2, 0) is 13.1 Å². The van der Waals surface area contributed by atoms with E-state index < -0.39 is 0 Å². The van der Waals surface area contributed by atoms with Gasteiger partial charge in [-0.25, -0.2) is 9.97 Å². The van der Waals surface area contributed by atoms with Gasteiger partial charge in [-0.05, 0) is 25.1 Å². The highest BCUT2D eigenvalue weighted by molar-refractivity contribution is 5.94. The number of nitrogens with one attached hydrogen (secondary N) is 1. The van der Waals surface area contributed by atoms with E-state index in [4.69, 9.17) is 0 Å². The molecule has 0 spiro atoms. The Balaban J connectivity index is 1.49. The summed E-state index contributed by atoms with van der Waals surface area (Å²) in [6.45, 7) is 3.17. The summed E-state index contributed by atoms with van der Waals surface area (Å²) in [7, 11) is 0. The number of aromatic nitrogens is 5. The molecule has 0 aliphatic heterocycles. The zero-order chi connectivity index (χ0) is 18.6. The van der Waals surface area contributed by atoms with Gasteiger partial charge in [0.1, 0.15) is 0 Å². The molecule has 0 aliphatic rings. The first kappa shape index (κ1) is 16.8. The molecule has 3 heterocycles. The molecule has 1 aromatic carbocycles. The number of nitrogens with zero attached hydrogens (tertiary/aromatic N) is 5. The van der Waals surface area contributed by atoms with Crippen molar-refractivity contribution in [1.29, 1.82) is 0 Å². The van der Waals surface area contributed by atoms with E-state index in [-0.39, 0.29) is 5.91 Å². The summed E-state index contributed by atoms with van der Waals surface area (Å²) in [5.41, 5.74) is 3.17. The van der Waals surface area contributed by atoms with Crippen LogP contribution >= 0.6 is 0 Å². The van der Waals surface area contributed by atoms with E-state index in [2.05, 4.69) is 25.4 Å². The molecular weight excluding hydrogens is 340 g/mol. The second kappa shape index (κ2) is 7.33. The highest BCUT2D eigenvalue weighted by Gasteiger charge is 2.12. The van der Waals surface area contributed by atoms with Gasteiger partial charge in [0.2, 0.25) is 0 Å². The van der Waals surface area contributed by atoms with E-state index >= 15 is 0 Å². The number of para-hydroxylation sites is 1. The maximum atomic E-state index is 12.4. The molecule has 0 fully saturated rings. The lowest BCUT2D eigenvalue weighted by Crippen LogP contribution is -2.23. The Morgan fingerprint density at radius 2 is 1.81 bits per heavy atom. The zero-order valence-electron chi connectivity index (χ0n) is 14.8. The number of carbonyl (C=O) groups is 1. The topological polar surface area (TPSA) is 85.6 Å². The largest absolute Gasteiger partial charge is 0.346 e. The van der Waals surface area contributed by atoms with E-state index in [1.54, 1.807) is 12.4 Å². The SMILES string of the molecule is CCn1nc(CNC(=O)c2cnc(-c3ccncc3)nc2)c2ccccc21. The molecule has 0 atom stereocenters. The maximum absolute atomic E-state index is 12.4. The van der Waals surface area contributed by atoms with Crippen LogP contribution in [0.5, 0.6) is 0 Å². The van der Waals surface area contributed by atoms with Gasteiger partial charge in [0.05, 0.1) is 23.3 Å². The molecule has 0 bridgehead atoms. The van der Waals surface area contributed by atoms with Gasteiger partial charge in [-0.2, -0.15) is 5.10 Å². The monoisotopic (exact) mass is 358 g/mol. The maximum Gasteiger partial charge on any atom is 0.254 e. The molecule has 0 radical (unpaired) electrons. The smallest absolute Gasteiger partial charge is 0.254 e. The Morgan fingerprint density at radius 1 is 1.07 bits per heavy atom. The lowest BCUT2D eigenvalue weighted by atomic mass is 10.2. The minimum Gasteiger partial charge on any atom is -0.346 e. The van der Waals surface area contributed by atoms with Crippen molar-refractivity contribution >= 4 is 16.8 Å². The second-order valence-corrected chi connectivity index (χ2v) is 5.99. The summed E-state index contributed by atoms with van der Waals surface area (Å²) in [4.78, 5) is 25.0. The van der Waals surface area contributed by atoms with Gasteiger partial charge in [0.25, 0.3) is 5.91 Å². The quantitative estimate of drug-likeness (QED) is 0.593. The van der Waals surface area contributed by atoms with E-state index in [1.165, 1.54) is 12.4 Å². The van der Waals surface area contributed by atoms with Crippen molar-refractivity contribution in [2.24, 2.45) is 0 Å². The molecule has 1 amide bonds. The van der Waals surface area contributed by atoms with Crippen LogP contribution in [0.3, 0.4) is 0 Å². The molecular formula is C20H18N6O. The number of hydrogen-bond donors (Lipinski definition) is 1. The summed E-state index contributed by atoms with van der Waals surface area (Å²) in [5.74, 6) is 0.327. The Labute approximate surface area is 156 Å². The molecule has 0 saturated carbocycles. The van der Waals surface area contributed by atoms with Gasteiger partial charge in [0, 0.05) is 42.3 Å². The third kappa shape index (κ3) is 3.39. The van der Waals surface area contributed by atoms with Crippen LogP contribution < -0.4 is 5.32 Å². The molecule has 0 aliphatic carbocycles. The molecule has 0 unspecified atom stereocenters. The minimum absolute atomic E-state index is 0.230. The number of aryl methyl sites for hydroxylation is 1.